The van der Waals surface area contributed by atoms with Crippen LogP contribution in [0.3, 0.4) is 0 Å². The van der Waals surface area contributed by atoms with E-state index < -0.39 is 0 Å². The lowest BCUT2D eigenvalue weighted by atomic mass is 10.1. The minimum atomic E-state index is -0.302. The summed E-state index contributed by atoms with van der Waals surface area (Å²) >= 11 is 1.69. The van der Waals surface area contributed by atoms with E-state index in [-0.39, 0.29) is 18.5 Å². The molecule has 18 heavy (non-hydrogen) atoms. The van der Waals surface area contributed by atoms with Crippen LogP contribution in [0.1, 0.15) is 30.3 Å². The zero-order valence-electron chi connectivity index (χ0n) is 11.3. The molecule has 0 aromatic carbocycles. The van der Waals surface area contributed by atoms with Crippen molar-refractivity contribution in [3.8, 4) is 0 Å². The first-order chi connectivity index (χ1) is 8.45. The average Bonchev–Trinajstić information content (AvgIpc) is 2.64. The number of nitrogens with zero attached hydrogens (tertiary/aromatic N) is 1. The van der Waals surface area contributed by atoms with E-state index in [9.17, 15) is 4.79 Å². The van der Waals surface area contributed by atoms with Crippen molar-refractivity contribution in [3.05, 3.63) is 21.9 Å². The molecule has 0 fully saturated rings. The van der Waals surface area contributed by atoms with Gasteiger partial charge < -0.3 is 11.5 Å². The highest BCUT2D eigenvalue weighted by Gasteiger charge is 2.23. The Morgan fingerprint density at radius 2 is 2.17 bits per heavy atom. The molecule has 1 heterocycles. The van der Waals surface area contributed by atoms with Gasteiger partial charge in [0.15, 0.2) is 0 Å². The molecule has 1 aromatic heterocycles. The fourth-order valence-electron chi connectivity index (χ4n) is 2.12. The standard InChI is InChI=1S/C13H23N3OS/c1-9(2)7-16(8-12(15)17)11(6-14)13-10(3)4-5-18-13/h4-5,9,11H,6-8,14H2,1-3H3,(H2,15,17). The van der Waals surface area contributed by atoms with Gasteiger partial charge in [0.05, 0.1) is 12.6 Å². The first-order valence-corrected chi connectivity index (χ1v) is 7.10. The zero-order valence-corrected chi connectivity index (χ0v) is 12.2. The number of nitrogens with two attached hydrogens (primary N) is 2. The smallest absolute Gasteiger partial charge is 0.231 e. The Kier molecular flexibility index (Phi) is 5.78. The van der Waals surface area contributed by atoms with Gasteiger partial charge in [0, 0.05) is 18.0 Å². The van der Waals surface area contributed by atoms with Crippen molar-refractivity contribution in [2.24, 2.45) is 17.4 Å². The number of aryl methyl sites for hydroxylation is 1. The van der Waals surface area contributed by atoms with Gasteiger partial charge in [-0.05, 0) is 29.9 Å². The lowest BCUT2D eigenvalue weighted by Gasteiger charge is -2.31. The SMILES string of the molecule is Cc1ccsc1C(CN)N(CC(N)=O)CC(C)C. The van der Waals surface area contributed by atoms with Crippen molar-refractivity contribution in [1.29, 1.82) is 0 Å². The summed E-state index contributed by atoms with van der Waals surface area (Å²) in [5, 5.41) is 2.06. The molecule has 0 radical (unpaired) electrons. The predicted molar refractivity (Wildman–Crippen MR) is 76.5 cm³/mol. The first kappa shape index (κ1) is 15.1. The van der Waals surface area contributed by atoms with E-state index in [1.165, 1.54) is 10.4 Å². The van der Waals surface area contributed by atoms with E-state index in [0.29, 0.717) is 12.5 Å². The summed E-state index contributed by atoms with van der Waals surface area (Å²) in [6.07, 6.45) is 0. The van der Waals surface area contributed by atoms with Crippen LogP contribution >= 0.6 is 11.3 Å². The van der Waals surface area contributed by atoms with Gasteiger partial charge in [-0.25, -0.2) is 0 Å². The Bertz CT molecular complexity index is 389. The molecule has 4 nitrogen and oxygen atoms in total. The van der Waals surface area contributed by atoms with Crippen molar-refractivity contribution in [3.63, 3.8) is 0 Å². The number of thiophene rings is 1. The molecule has 0 bridgehead atoms. The lowest BCUT2D eigenvalue weighted by molar-refractivity contribution is -0.119. The molecular weight excluding hydrogens is 246 g/mol. The zero-order chi connectivity index (χ0) is 13.7. The average molecular weight is 269 g/mol. The predicted octanol–water partition coefficient (Wildman–Crippen LogP) is 1.50. The van der Waals surface area contributed by atoms with E-state index in [1.54, 1.807) is 11.3 Å². The summed E-state index contributed by atoms with van der Waals surface area (Å²) < 4.78 is 0. The second kappa shape index (κ2) is 6.87. The van der Waals surface area contributed by atoms with Gasteiger partial charge in [0.1, 0.15) is 0 Å². The van der Waals surface area contributed by atoms with Crippen LogP contribution in [0.15, 0.2) is 11.4 Å². The van der Waals surface area contributed by atoms with Crippen LogP contribution < -0.4 is 11.5 Å². The van der Waals surface area contributed by atoms with E-state index >= 15 is 0 Å². The minimum Gasteiger partial charge on any atom is -0.369 e. The van der Waals surface area contributed by atoms with E-state index in [0.717, 1.165) is 6.54 Å². The highest BCUT2D eigenvalue weighted by Crippen LogP contribution is 2.28. The normalized spacial score (nSPS) is 13.2. The largest absolute Gasteiger partial charge is 0.369 e. The number of amides is 1. The van der Waals surface area contributed by atoms with E-state index in [4.69, 9.17) is 11.5 Å². The van der Waals surface area contributed by atoms with Gasteiger partial charge in [0.2, 0.25) is 5.91 Å². The van der Waals surface area contributed by atoms with E-state index in [1.807, 2.05) is 0 Å². The second-order valence-corrected chi connectivity index (χ2v) is 5.96. The number of rotatable bonds is 7. The van der Waals surface area contributed by atoms with Gasteiger partial charge in [-0.2, -0.15) is 0 Å². The fourth-order valence-corrected chi connectivity index (χ4v) is 3.19. The van der Waals surface area contributed by atoms with Crippen LogP contribution in [0.2, 0.25) is 0 Å². The first-order valence-electron chi connectivity index (χ1n) is 6.22. The summed E-state index contributed by atoms with van der Waals surface area (Å²) in [6, 6.07) is 2.17. The van der Waals surface area contributed by atoms with Crippen LogP contribution in [-0.4, -0.2) is 30.4 Å². The Morgan fingerprint density at radius 3 is 2.56 bits per heavy atom. The molecule has 1 unspecified atom stereocenters. The van der Waals surface area contributed by atoms with Crippen molar-refractivity contribution in [2.45, 2.75) is 26.8 Å². The third-order valence-electron chi connectivity index (χ3n) is 2.83. The monoisotopic (exact) mass is 269 g/mol. The molecule has 1 aromatic rings. The molecule has 102 valence electrons. The molecule has 4 N–H and O–H groups in total. The number of primary amides is 1. The summed E-state index contributed by atoms with van der Waals surface area (Å²) in [7, 11) is 0. The second-order valence-electron chi connectivity index (χ2n) is 5.01. The Hall–Kier alpha value is -0.910. The van der Waals surface area contributed by atoms with Gasteiger partial charge in [-0.1, -0.05) is 13.8 Å². The maximum atomic E-state index is 11.2. The van der Waals surface area contributed by atoms with Crippen LogP contribution in [0.25, 0.3) is 0 Å². The lowest BCUT2D eigenvalue weighted by Crippen LogP contribution is -2.41. The number of carbonyl (C=O) groups excluding carboxylic acids is 1. The van der Waals surface area contributed by atoms with Gasteiger partial charge in [-0.15, -0.1) is 11.3 Å². The fraction of sp³-hybridized carbons (Fsp3) is 0.615. The van der Waals surface area contributed by atoms with Crippen LogP contribution in [0.4, 0.5) is 0 Å². The number of carbonyl (C=O) groups is 1. The minimum absolute atomic E-state index is 0.0832. The quantitative estimate of drug-likeness (QED) is 0.788. The molecule has 0 saturated carbocycles. The van der Waals surface area contributed by atoms with E-state index in [2.05, 4.69) is 37.1 Å². The molecule has 5 heteroatoms. The number of hydrogen-bond donors (Lipinski definition) is 2. The molecule has 1 amide bonds. The van der Waals surface area contributed by atoms with Crippen LogP contribution in [-0.2, 0) is 4.79 Å². The van der Waals surface area contributed by atoms with Crippen molar-refractivity contribution < 1.29 is 4.79 Å². The maximum absolute atomic E-state index is 11.2. The third-order valence-corrected chi connectivity index (χ3v) is 3.95. The van der Waals surface area contributed by atoms with Crippen LogP contribution in [0, 0.1) is 12.8 Å². The van der Waals surface area contributed by atoms with Crippen LogP contribution in [0.5, 0.6) is 0 Å². The Morgan fingerprint density at radius 1 is 1.50 bits per heavy atom. The summed E-state index contributed by atoms with van der Waals surface area (Å²) in [6.45, 7) is 7.92. The van der Waals surface area contributed by atoms with Crippen molar-refractivity contribution >= 4 is 17.2 Å². The summed E-state index contributed by atoms with van der Waals surface area (Å²) in [4.78, 5) is 14.5. The molecule has 1 atom stereocenters. The molecular formula is C13H23N3OS. The Balaban J connectivity index is 2.92. The molecule has 0 aliphatic heterocycles. The molecule has 0 saturated heterocycles. The maximum Gasteiger partial charge on any atom is 0.231 e. The number of hydrogen-bond acceptors (Lipinski definition) is 4. The van der Waals surface area contributed by atoms with Crippen molar-refractivity contribution in [2.75, 3.05) is 19.6 Å². The Labute approximate surface area is 113 Å². The van der Waals surface area contributed by atoms with Gasteiger partial charge in [-0.3, -0.25) is 9.69 Å². The van der Waals surface area contributed by atoms with Crippen molar-refractivity contribution in [1.82, 2.24) is 4.90 Å². The summed E-state index contributed by atoms with van der Waals surface area (Å²) in [5.74, 6) is 0.168. The molecule has 0 aliphatic carbocycles. The highest BCUT2D eigenvalue weighted by molar-refractivity contribution is 7.10. The summed E-state index contributed by atoms with van der Waals surface area (Å²) in [5.41, 5.74) is 12.5. The molecule has 0 spiro atoms. The third kappa shape index (κ3) is 4.08. The molecule has 1 rings (SSSR count). The molecule has 0 aliphatic rings. The highest BCUT2D eigenvalue weighted by atomic mass is 32.1. The topological polar surface area (TPSA) is 72.3 Å². The van der Waals surface area contributed by atoms with Gasteiger partial charge in [0.25, 0.3) is 0 Å². The van der Waals surface area contributed by atoms with Gasteiger partial charge >= 0.3 is 0 Å².